The van der Waals surface area contributed by atoms with E-state index in [1.165, 1.54) is 0 Å². The average molecular weight is 350 g/mol. The zero-order valence-corrected chi connectivity index (χ0v) is 14.4. The smallest absolute Gasteiger partial charge is 0.173 e. The molecule has 0 radical (unpaired) electrons. The Labute approximate surface area is 147 Å². The maximum atomic E-state index is 5.87. The molecule has 0 saturated carbocycles. The van der Waals surface area contributed by atoms with Crippen molar-refractivity contribution in [1.29, 1.82) is 0 Å². The van der Waals surface area contributed by atoms with Crippen LogP contribution < -0.4 is 14.8 Å². The summed E-state index contributed by atoms with van der Waals surface area (Å²) in [5.74, 6) is 1.15. The van der Waals surface area contributed by atoms with E-state index in [4.69, 9.17) is 31.2 Å². The van der Waals surface area contributed by atoms with Gasteiger partial charge in [-0.05, 0) is 30.8 Å². The quantitative estimate of drug-likeness (QED) is 0.781. The van der Waals surface area contributed by atoms with Crippen LogP contribution in [0.2, 0.25) is 0 Å². The van der Waals surface area contributed by atoms with Gasteiger partial charge in [0.1, 0.15) is 13.2 Å². The lowest BCUT2D eigenvalue weighted by Crippen LogP contribution is -2.52. The summed E-state index contributed by atoms with van der Waals surface area (Å²) in [6, 6.07) is 5.80. The third-order valence-corrected chi connectivity index (χ3v) is 4.99. The number of nitrogens with one attached hydrogen (secondary N) is 1. The van der Waals surface area contributed by atoms with Crippen LogP contribution in [0.15, 0.2) is 18.2 Å². The zero-order valence-electron chi connectivity index (χ0n) is 13.6. The van der Waals surface area contributed by atoms with Crippen LogP contribution >= 0.6 is 12.2 Å². The maximum Gasteiger partial charge on any atom is 0.173 e. The van der Waals surface area contributed by atoms with Gasteiger partial charge in [0.2, 0.25) is 0 Å². The summed E-state index contributed by atoms with van der Waals surface area (Å²) in [4.78, 5) is 2.17. The number of fused-ring (bicyclic) bond motifs is 1. The molecular formula is C17H22N2O4S. The summed E-state index contributed by atoms with van der Waals surface area (Å²) in [6.45, 7) is 4.42. The van der Waals surface area contributed by atoms with Crippen LogP contribution in [0.3, 0.4) is 0 Å². The number of nitrogens with zero attached hydrogens (tertiary/aromatic N) is 1. The molecule has 4 rings (SSSR count). The summed E-state index contributed by atoms with van der Waals surface area (Å²) in [5.41, 5.74) is 0.912. The van der Waals surface area contributed by atoms with E-state index in [0.29, 0.717) is 13.2 Å². The van der Waals surface area contributed by atoms with Gasteiger partial charge in [-0.15, -0.1) is 0 Å². The van der Waals surface area contributed by atoms with Gasteiger partial charge in [0, 0.05) is 37.7 Å². The minimum atomic E-state index is -0.388. The topological polar surface area (TPSA) is 52.2 Å². The van der Waals surface area contributed by atoms with E-state index in [2.05, 4.69) is 10.2 Å². The Kier molecular flexibility index (Phi) is 4.47. The van der Waals surface area contributed by atoms with Gasteiger partial charge in [-0.3, -0.25) is 0 Å². The standard InChI is InChI=1S/C17H22N2O4S/c24-16(18-13-2-3-14-15(12-13)21-11-10-20-14)19-6-4-17(5-7-19)22-8-1-9-23-17/h2-3,12H,1,4-11H2,(H,18,24). The summed E-state index contributed by atoms with van der Waals surface area (Å²) >= 11 is 5.56. The van der Waals surface area contributed by atoms with Crippen molar-refractivity contribution in [2.75, 3.05) is 44.8 Å². The van der Waals surface area contributed by atoms with Crippen molar-refractivity contribution in [1.82, 2.24) is 4.90 Å². The molecule has 0 unspecified atom stereocenters. The van der Waals surface area contributed by atoms with E-state index in [1.807, 2.05) is 18.2 Å². The van der Waals surface area contributed by atoms with E-state index in [1.54, 1.807) is 0 Å². The highest BCUT2D eigenvalue weighted by Gasteiger charge is 2.38. The minimum absolute atomic E-state index is 0.388. The monoisotopic (exact) mass is 350 g/mol. The second-order valence-corrected chi connectivity index (χ2v) is 6.62. The average Bonchev–Trinajstić information content (AvgIpc) is 2.63. The predicted octanol–water partition coefficient (Wildman–Crippen LogP) is 2.38. The van der Waals surface area contributed by atoms with Crippen LogP contribution in [0.4, 0.5) is 5.69 Å². The van der Waals surface area contributed by atoms with Gasteiger partial charge in [0.15, 0.2) is 22.4 Å². The molecule has 2 fully saturated rings. The molecule has 3 aliphatic heterocycles. The Hall–Kier alpha value is -1.57. The molecule has 6 nitrogen and oxygen atoms in total. The zero-order chi connectivity index (χ0) is 16.4. The number of thiocarbonyl (C=S) groups is 1. The van der Waals surface area contributed by atoms with Gasteiger partial charge in [-0.2, -0.15) is 0 Å². The van der Waals surface area contributed by atoms with Gasteiger partial charge in [0.25, 0.3) is 0 Å². The third kappa shape index (κ3) is 3.29. The fourth-order valence-corrected chi connectivity index (χ4v) is 3.58. The van der Waals surface area contributed by atoms with Crippen molar-refractivity contribution in [3.05, 3.63) is 18.2 Å². The minimum Gasteiger partial charge on any atom is -0.486 e. The molecule has 0 atom stereocenters. The number of benzene rings is 1. The molecule has 1 aromatic rings. The maximum absolute atomic E-state index is 5.87. The Morgan fingerprint density at radius 2 is 1.71 bits per heavy atom. The summed E-state index contributed by atoms with van der Waals surface area (Å²) in [7, 11) is 0. The molecule has 7 heteroatoms. The van der Waals surface area contributed by atoms with Crippen molar-refractivity contribution in [2.45, 2.75) is 25.0 Å². The fourth-order valence-electron chi connectivity index (χ4n) is 3.28. The van der Waals surface area contributed by atoms with Crippen molar-refractivity contribution in [2.24, 2.45) is 0 Å². The van der Waals surface area contributed by atoms with E-state index >= 15 is 0 Å². The van der Waals surface area contributed by atoms with E-state index in [-0.39, 0.29) is 5.79 Å². The number of likely N-dealkylation sites (tertiary alicyclic amines) is 1. The molecular weight excluding hydrogens is 328 g/mol. The van der Waals surface area contributed by atoms with Gasteiger partial charge in [0.05, 0.1) is 13.2 Å². The fraction of sp³-hybridized carbons (Fsp3) is 0.588. The van der Waals surface area contributed by atoms with Crippen LogP contribution in [0.25, 0.3) is 0 Å². The van der Waals surface area contributed by atoms with Gasteiger partial charge in [-0.25, -0.2) is 0 Å². The highest BCUT2D eigenvalue weighted by molar-refractivity contribution is 7.80. The first-order chi connectivity index (χ1) is 11.7. The molecule has 3 heterocycles. The molecule has 2 saturated heterocycles. The van der Waals surface area contributed by atoms with Crippen LogP contribution in [0.5, 0.6) is 11.5 Å². The molecule has 0 aliphatic carbocycles. The van der Waals surface area contributed by atoms with Crippen molar-refractivity contribution in [3.63, 3.8) is 0 Å². The van der Waals surface area contributed by atoms with Gasteiger partial charge >= 0.3 is 0 Å². The SMILES string of the molecule is S=C(Nc1ccc2c(c1)OCCO2)N1CCC2(CC1)OCCCO2. The predicted molar refractivity (Wildman–Crippen MR) is 93.7 cm³/mol. The number of hydrogen-bond acceptors (Lipinski definition) is 5. The Morgan fingerprint density at radius 1 is 1.00 bits per heavy atom. The number of piperidine rings is 1. The second-order valence-electron chi connectivity index (χ2n) is 6.24. The first kappa shape index (κ1) is 15.9. The third-order valence-electron chi connectivity index (χ3n) is 4.62. The van der Waals surface area contributed by atoms with Gasteiger partial charge < -0.3 is 29.2 Å². The lowest BCUT2D eigenvalue weighted by Gasteiger charge is -2.44. The van der Waals surface area contributed by atoms with E-state index in [9.17, 15) is 0 Å². The number of ether oxygens (including phenoxy) is 4. The van der Waals surface area contributed by atoms with Crippen LogP contribution in [0.1, 0.15) is 19.3 Å². The molecule has 1 aromatic carbocycles. The van der Waals surface area contributed by atoms with E-state index < -0.39 is 0 Å². The lowest BCUT2D eigenvalue weighted by atomic mass is 10.0. The van der Waals surface area contributed by atoms with Crippen molar-refractivity contribution in [3.8, 4) is 11.5 Å². The summed E-state index contributed by atoms with van der Waals surface area (Å²) in [5, 5.41) is 4.01. The molecule has 0 bridgehead atoms. The second kappa shape index (κ2) is 6.74. The van der Waals surface area contributed by atoms with E-state index in [0.717, 1.165) is 67.9 Å². The molecule has 1 spiro atoms. The number of rotatable bonds is 1. The molecule has 3 aliphatic rings. The molecule has 130 valence electrons. The highest BCUT2D eigenvalue weighted by Crippen LogP contribution is 2.33. The number of anilines is 1. The number of hydrogen-bond donors (Lipinski definition) is 1. The van der Waals surface area contributed by atoms with Crippen LogP contribution in [-0.4, -0.2) is 55.3 Å². The van der Waals surface area contributed by atoms with Crippen molar-refractivity contribution < 1.29 is 18.9 Å². The highest BCUT2D eigenvalue weighted by atomic mass is 32.1. The normalized spacial score (nSPS) is 22.2. The summed E-state index contributed by atoms with van der Waals surface area (Å²) in [6.07, 6.45) is 2.67. The largest absolute Gasteiger partial charge is 0.486 e. The Balaban J connectivity index is 1.35. The molecule has 0 amide bonds. The Bertz CT molecular complexity index is 609. The molecule has 24 heavy (non-hydrogen) atoms. The molecule has 1 N–H and O–H groups in total. The lowest BCUT2D eigenvalue weighted by molar-refractivity contribution is -0.281. The Morgan fingerprint density at radius 3 is 2.46 bits per heavy atom. The first-order valence-electron chi connectivity index (χ1n) is 8.48. The van der Waals surface area contributed by atoms with Crippen molar-refractivity contribution >= 4 is 23.0 Å². The van der Waals surface area contributed by atoms with Crippen LogP contribution in [-0.2, 0) is 9.47 Å². The molecule has 0 aromatic heterocycles. The first-order valence-corrected chi connectivity index (χ1v) is 8.88. The van der Waals surface area contributed by atoms with Gasteiger partial charge in [-0.1, -0.05) is 0 Å². The summed E-state index contributed by atoms with van der Waals surface area (Å²) < 4.78 is 22.9. The van der Waals surface area contributed by atoms with Crippen LogP contribution in [0, 0.1) is 0 Å².